The zero-order valence-electron chi connectivity index (χ0n) is 18.2. The van der Waals surface area contributed by atoms with Crippen molar-refractivity contribution in [2.24, 2.45) is 7.05 Å². The summed E-state index contributed by atoms with van der Waals surface area (Å²) in [4.78, 5) is 15.3. The number of nitrogens with one attached hydrogen (secondary N) is 1. The molecule has 1 N–H and O–H groups in total. The highest BCUT2D eigenvalue weighted by Crippen LogP contribution is 2.37. The average Bonchev–Trinajstić information content (AvgIpc) is 3.49. The monoisotopic (exact) mass is 440 g/mol. The first kappa shape index (κ1) is 21.8. The van der Waals surface area contributed by atoms with E-state index < -0.39 is 0 Å². The predicted molar refractivity (Wildman–Crippen MR) is 123 cm³/mol. The first-order valence-corrected chi connectivity index (χ1v) is 10.6. The van der Waals surface area contributed by atoms with Gasteiger partial charge in [-0.05, 0) is 56.1 Å². The summed E-state index contributed by atoms with van der Waals surface area (Å²) >= 11 is 0. The van der Waals surface area contributed by atoms with Crippen LogP contribution in [0, 0.1) is 6.92 Å². The fraction of sp³-hybridized carbons (Fsp3) is 0.333. The van der Waals surface area contributed by atoms with E-state index in [9.17, 15) is 4.79 Å². The molecule has 2 aliphatic rings. The van der Waals surface area contributed by atoms with Crippen molar-refractivity contribution in [3.63, 3.8) is 0 Å². The van der Waals surface area contributed by atoms with E-state index in [1.807, 2.05) is 61.1 Å². The summed E-state index contributed by atoms with van der Waals surface area (Å²) in [6.07, 6.45) is 1.86. The van der Waals surface area contributed by atoms with Gasteiger partial charge in [0.05, 0.1) is 17.4 Å². The first-order valence-electron chi connectivity index (χ1n) is 10.6. The SMILES string of the molecule is Cc1cc(-c2ccc(NC(=O)[C@H]3CCCN3Cc3cccc4c3OCO4)cc2)n(C)n1.F.[HH]. The van der Waals surface area contributed by atoms with Crippen LogP contribution in [0.3, 0.4) is 0 Å². The third-order valence-electron chi connectivity index (χ3n) is 5.97. The molecular formula is C24H29FN4O3. The van der Waals surface area contributed by atoms with Crippen LogP contribution in [0.25, 0.3) is 11.3 Å². The molecule has 32 heavy (non-hydrogen) atoms. The number of benzene rings is 2. The van der Waals surface area contributed by atoms with Crippen LogP contribution in [0.15, 0.2) is 48.5 Å². The molecule has 2 aromatic carbocycles. The van der Waals surface area contributed by atoms with Crippen LogP contribution < -0.4 is 14.8 Å². The van der Waals surface area contributed by atoms with Gasteiger partial charge in [-0.2, -0.15) is 5.10 Å². The highest BCUT2D eigenvalue weighted by atomic mass is 19.0. The van der Waals surface area contributed by atoms with Gasteiger partial charge in [0.2, 0.25) is 12.7 Å². The van der Waals surface area contributed by atoms with E-state index in [1.54, 1.807) is 0 Å². The van der Waals surface area contributed by atoms with Gasteiger partial charge in [-0.1, -0.05) is 24.3 Å². The Balaban J connectivity index is 0.00000153. The number of carbonyl (C=O) groups is 1. The minimum Gasteiger partial charge on any atom is -0.454 e. The molecule has 8 heteroatoms. The third kappa shape index (κ3) is 4.18. The van der Waals surface area contributed by atoms with Crippen molar-refractivity contribution in [1.82, 2.24) is 14.7 Å². The van der Waals surface area contributed by atoms with Gasteiger partial charge in [0.15, 0.2) is 11.5 Å². The Hall–Kier alpha value is -3.39. The summed E-state index contributed by atoms with van der Waals surface area (Å²) in [6, 6.07) is 15.8. The van der Waals surface area contributed by atoms with E-state index in [0.717, 1.165) is 59.1 Å². The predicted octanol–water partition coefficient (Wildman–Crippen LogP) is 4.13. The molecule has 0 unspecified atom stereocenters. The number of aromatic nitrogens is 2. The Morgan fingerprint density at radius 3 is 2.78 bits per heavy atom. The van der Waals surface area contributed by atoms with Crippen LogP contribution in [-0.2, 0) is 18.4 Å². The summed E-state index contributed by atoms with van der Waals surface area (Å²) < 4.78 is 13.0. The molecule has 1 atom stereocenters. The van der Waals surface area contributed by atoms with Crippen LogP contribution in [0.4, 0.5) is 10.4 Å². The Bertz CT molecular complexity index is 1120. The smallest absolute Gasteiger partial charge is 0.241 e. The molecule has 3 aromatic rings. The van der Waals surface area contributed by atoms with Crippen LogP contribution >= 0.6 is 0 Å². The van der Waals surface area contributed by atoms with E-state index in [-0.39, 0.29) is 24.9 Å². The number of ether oxygens (including phenoxy) is 2. The Kier molecular flexibility index (Phi) is 6.14. The molecule has 1 aromatic heterocycles. The van der Waals surface area contributed by atoms with Gasteiger partial charge in [-0.3, -0.25) is 19.1 Å². The van der Waals surface area contributed by atoms with Crippen molar-refractivity contribution in [1.29, 1.82) is 0 Å². The number of fused-ring (bicyclic) bond motifs is 1. The summed E-state index contributed by atoms with van der Waals surface area (Å²) in [7, 11) is 1.94. The molecule has 1 amide bonds. The standard InChI is InChI=1S/C24H26N4O3.FH.H2/c1-16-13-21(27(2)26-16)17-8-10-19(11-9-17)25-24(29)20-6-4-12-28(20)14-18-5-3-7-22-23(18)31-15-30-22;;/h3,5,7-11,13,20H,4,6,12,14-15H2,1-2H3,(H,25,29);2*1H/t20-;;/m1../s1. The van der Waals surface area contributed by atoms with Crippen molar-refractivity contribution in [3.05, 3.63) is 59.8 Å². The van der Waals surface area contributed by atoms with Gasteiger partial charge >= 0.3 is 0 Å². The number of hydrogen-bond acceptors (Lipinski definition) is 5. The number of rotatable bonds is 5. The topological polar surface area (TPSA) is 68.6 Å². The highest BCUT2D eigenvalue weighted by Gasteiger charge is 2.32. The van der Waals surface area contributed by atoms with E-state index in [1.165, 1.54) is 0 Å². The number of halogens is 1. The van der Waals surface area contributed by atoms with Gasteiger partial charge < -0.3 is 14.8 Å². The molecule has 3 heterocycles. The lowest BCUT2D eigenvalue weighted by atomic mass is 10.1. The lowest BCUT2D eigenvalue weighted by molar-refractivity contribution is -0.120. The summed E-state index contributed by atoms with van der Waals surface area (Å²) in [5.74, 6) is 1.61. The zero-order chi connectivity index (χ0) is 21.4. The first-order chi connectivity index (χ1) is 15.1. The van der Waals surface area contributed by atoms with Crippen LogP contribution in [0.5, 0.6) is 11.5 Å². The molecule has 7 nitrogen and oxygen atoms in total. The molecule has 0 radical (unpaired) electrons. The summed E-state index contributed by atoms with van der Waals surface area (Å²) in [5.41, 5.74) is 4.97. The van der Waals surface area contributed by atoms with E-state index in [0.29, 0.717) is 6.54 Å². The Morgan fingerprint density at radius 2 is 2.03 bits per heavy atom. The van der Waals surface area contributed by atoms with Crippen molar-refractivity contribution < 1.29 is 20.4 Å². The Labute approximate surface area is 187 Å². The van der Waals surface area contributed by atoms with E-state index >= 15 is 0 Å². The minimum absolute atomic E-state index is 0. The summed E-state index contributed by atoms with van der Waals surface area (Å²) in [6.45, 7) is 3.80. The van der Waals surface area contributed by atoms with Crippen LogP contribution in [0.1, 0.15) is 25.5 Å². The molecular weight excluding hydrogens is 411 g/mol. The van der Waals surface area contributed by atoms with Crippen molar-refractivity contribution in [3.8, 4) is 22.8 Å². The number of amides is 1. The fourth-order valence-electron chi connectivity index (χ4n) is 4.48. The quantitative estimate of drug-likeness (QED) is 0.646. The number of para-hydroxylation sites is 1. The fourth-order valence-corrected chi connectivity index (χ4v) is 4.48. The normalized spacial score (nSPS) is 17.2. The molecule has 1 saturated heterocycles. The van der Waals surface area contributed by atoms with Gasteiger partial charge in [0.1, 0.15) is 0 Å². The highest BCUT2D eigenvalue weighted by molar-refractivity contribution is 5.95. The van der Waals surface area contributed by atoms with Crippen molar-refractivity contribution >= 4 is 11.6 Å². The number of likely N-dealkylation sites (tertiary alicyclic amines) is 1. The third-order valence-corrected chi connectivity index (χ3v) is 5.97. The Morgan fingerprint density at radius 1 is 1.22 bits per heavy atom. The second-order valence-electron chi connectivity index (χ2n) is 8.14. The van der Waals surface area contributed by atoms with Gasteiger partial charge in [0, 0.05) is 26.3 Å². The van der Waals surface area contributed by atoms with Crippen LogP contribution in [0.2, 0.25) is 0 Å². The molecule has 170 valence electrons. The second kappa shape index (κ2) is 9.00. The van der Waals surface area contributed by atoms with Crippen LogP contribution in [-0.4, -0.2) is 40.0 Å². The molecule has 0 spiro atoms. The molecule has 5 rings (SSSR count). The molecule has 0 bridgehead atoms. The lowest BCUT2D eigenvalue weighted by Crippen LogP contribution is -2.39. The van der Waals surface area contributed by atoms with E-state index in [2.05, 4.69) is 21.4 Å². The van der Waals surface area contributed by atoms with Crippen molar-refractivity contribution in [2.75, 3.05) is 18.7 Å². The maximum Gasteiger partial charge on any atom is 0.241 e. The zero-order valence-corrected chi connectivity index (χ0v) is 18.2. The summed E-state index contributed by atoms with van der Waals surface area (Å²) in [5, 5.41) is 7.49. The minimum atomic E-state index is -0.155. The van der Waals surface area contributed by atoms with Gasteiger partial charge in [0.25, 0.3) is 0 Å². The lowest BCUT2D eigenvalue weighted by Gasteiger charge is -2.24. The largest absolute Gasteiger partial charge is 0.454 e. The molecule has 2 aliphatic heterocycles. The number of anilines is 1. The molecule has 1 fully saturated rings. The van der Waals surface area contributed by atoms with E-state index in [4.69, 9.17) is 9.47 Å². The maximum atomic E-state index is 13.0. The number of aryl methyl sites for hydroxylation is 2. The maximum absolute atomic E-state index is 13.0. The second-order valence-corrected chi connectivity index (χ2v) is 8.14. The number of hydrogen-bond donors (Lipinski definition) is 1. The number of carbonyl (C=O) groups excluding carboxylic acids is 1. The average molecular weight is 441 g/mol. The van der Waals surface area contributed by atoms with Gasteiger partial charge in [-0.15, -0.1) is 0 Å². The van der Waals surface area contributed by atoms with Gasteiger partial charge in [-0.25, -0.2) is 0 Å². The number of nitrogens with zero attached hydrogens (tertiary/aromatic N) is 3. The van der Waals surface area contributed by atoms with Crippen molar-refractivity contribution in [2.45, 2.75) is 32.4 Å². The molecule has 0 saturated carbocycles. The molecule has 0 aliphatic carbocycles.